The second-order valence-corrected chi connectivity index (χ2v) is 5.47. The molecule has 0 radical (unpaired) electrons. The van der Waals surface area contributed by atoms with Crippen molar-refractivity contribution < 1.29 is 4.74 Å². The predicted molar refractivity (Wildman–Crippen MR) is 67.0 cm³/mol. The van der Waals surface area contributed by atoms with E-state index in [1.165, 1.54) is 12.0 Å². The number of methoxy groups -OCH3 is 1. The lowest BCUT2D eigenvalue weighted by atomic mass is 9.77. The number of piperidine rings is 1. The smallest absolute Gasteiger partial charge is 0.118 e. The molecule has 2 nitrogen and oxygen atoms in total. The van der Waals surface area contributed by atoms with Crippen LogP contribution in [0.5, 0.6) is 5.75 Å². The number of hydrogen-bond donors (Lipinski definition) is 1. The number of rotatable bonds is 2. The highest BCUT2D eigenvalue weighted by atomic mass is 16.5. The van der Waals surface area contributed by atoms with Gasteiger partial charge in [-0.15, -0.1) is 0 Å². The van der Waals surface area contributed by atoms with Crippen LogP contribution < -0.4 is 10.1 Å². The molecule has 1 heterocycles. The van der Waals surface area contributed by atoms with Crippen molar-refractivity contribution in [3.05, 3.63) is 29.8 Å². The zero-order valence-corrected chi connectivity index (χ0v) is 10.4. The monoisotopic (exact) mass is 219 g/mol. The molecule has 1 aliphatic heterocycles. The van der Waals surface area contributed by atoms with Crippen molar-refractivity contribution in [3.63, 3.8) is 0 Å². The van der Waals surface area contributed by atoms with E-state index < -0.39 is 0 Å². The molecule has 2 heteroatoms. The Kier molecular flexibility index (Phi) is 3.20. The second-order valence-electron chi connectivity index (χ2n) is 5.47. The van der Waals surface area contributed by atoms with Crippen molar-refractivity contribution in [2.75, 3.05) is 20.2 Å². The molecule has 1 saturated heterocycles. The van der Waals surface area contributed by atoms with E-state index in [4.69, 9.17) is 4.74 Å². The number of hydrogen-bond acceptors (Lipinski definition) is 2. The summed E-state index contributed by atoms with van der Waals surface area (Å²) in [5.41, 5.74) is 1.82. The molecule has 1 aromatic rings. The molecule has 1 N–H and O–H groups in total. The van der Waals surface area contributed by atoms with Crippen LogP contribution in [0.4, 0.5) is 0 Å². The molecule has 88 valence electrons. The summed E-state index contributed by atoms with van der Waals surface area (Å²) in [5.74, 6) is 1.57. The van der Waals surface area contributed by atoms with Crippen LogP contribution >= 0.6 is 0 Å². The first kappa shape index (κ1) is 11.5. The average molecular weight is 219 g/mol. The highest BCUT2D eigenvalue weighted by Crippen LogP contribution is 2.34. The molecule has 1 atom stereocenters. The molecular formula is C14H21NO. The third-order valence-electron chi connectivity index (χ3n) is 3.38. The van der Waals surface area contributed by atoms with E-state index in [0.29, 0.717) is 11.3 Å². The van der Waals surface area contributed by atoms with Crippen LogP contribution in [-0.2, 0) is 0 Å². The second kappa shape index (κ2) is 4.46. The van der Waals surface area contributed by atoms with Gasteiger partial charge < -0.3 is 10.1 Å². The highest BCUT2D eigenvalue weighted by molar-refractivity contribution is 5.30. The van der Waals surface area contributed by atoms with Crippen molar-refractivity contribution in [1.29, 1.82) is 0 Å². The Bertz CT molecular complexity index is 342. The maximum atomic E-state index is 5.18. The third kappa shape index (κ3) is 2.56. The SMILES string of the molecule is COc1ccc(C2CNCC(C)(C)C2)cc1. The van der Waals surface area contributed by atoms with Gasteiger partial charge >= 0.3 is 0 Å². The van der Waals surface area contributed by atoms with E-state index in [9.17, 15) is 0 Å². The van der Waals surface area contributed by atoms with Gasteiger partial charge in [0, 0.05) is 13.1 Å². The van der Waals surface area contributed by atoms with Crippen molar-refractivity contribution >= 4 is 0 Å². The summed E-state index contributed by atoms with van der Waals surface area (Å²) >= 11 is 0. The third-order valence-corrected chi connectivity index (χ3v) is 3.38. The molecule has 16 heavy (non-hydrogen) atoms. The summed E-state index contributed by atoms with van der Waals surface area (Å²) in [6.07, 6.45) is 1.26. The van der Waals surface area contributed by atoms with Gasteiger partial charge in [0.25, 0.3) is 0 Å². The molecule has 0 bridgehead atoms. The van der Waals surface area contributed by atoms with Crippen LogP contribution in [0.25, 0.3) is 0 Å². The van der Waals surface area contributed by atoms with Gasteiger partial charge in [-0.2, -0.15) is 0 Å². The normalized spacial score (nSPS) is 24.1. The maximum Gasteiger partial charge on any atom is 0.118 e. The quantitative estimate of drug-likeness (QED) is 0.826. The van der Waals surface area contributed by atoms with E-state index >= 15 is 0 Å². The fraction of sp³-hybridized carbons (Fsp3) is 0.571. The van der Waals surface area contributed by atoms with Crippen LogP contribution in [0.2, 0.25) is 0 Å². The van der Waals surface area contributed by atoms with E-state index in [1.54, 1.807) is 7.11 Å². The minimum Gasteiger partial charge on any atom is -0.497 e. The van der Waals surface area contributed by atoms with Gasteiger partial charge in [0.15, 0.2) is 0 Å². The van der Waals surface area contributed by atoms with Gasteiger partial charge in [0.2, 0.25) is 0 Å². The molecule has 1 aromatic carbocycles. The Balaban J connectivity index is 2.11. The van der Waals surface area contributed by atoms with Gasteiger partial charge in [0.1, 0.15) is 5.75 Å². The first-order chi connectivity index (χ1) is 7.61. The largest absolute Gasteiger partial charge is 0.497 e. The Morgan fingerprint density at radius 1 is 1.25 bits per heavy atom. The van der Waals surface area contributed by atoms with E-state index in [2.05, 4.69) is 43.4 Å². The minimum absolute atomic E-state index is 0.406. The molecule has 2 rings (SSSR count). The summed E-state index contributed by atoms with van der Waals surface area (Å²) in [5, 5.41) is 3.52. The molecule has 0 amide bonds. The number of nitrogens with one attached hydrogen (secondary N) is 1. The van der Waals surface area contributed by atoms with Gasteiger partial charge in [0.05, 0.1) is 7.11 Å². The highest BCUT2D eigenvalue weighted by Gasteiger charge is 2.28. The average Bonchev–Trinajstić information content (AvgIpc) is 2.28. The fourth-order valence-corrected chi connectivity index (χ4v) is 2.51. The first-order valence-corrected chi connectivity index (χ1v) is 5.95. The van der Waals surface area contributed by atoms with Crippen LogP contribution in [0, 0.1) is 5.41 Å². The van der Waals surface area contributed by atoms with E-state index in [-0.39, 0.29) is 0 Å². The Morgan fingerprint density at radius 2 is 1.94 bits per heavy atom. The van der Waals surface area contributed by atoms with Gasteiger partial charge in [-0.1, -0.05) is 26.0 Å². The minimum atomic E-state index is 0.406. The Labute approximate surface area is 98.0 Å². The lowest BCUT2D eigenvalue weighted by Crippen LogP contribution is -2.40. The predicted octanol–water partition coefficient (Wildman–Crippen LogP) is 2.80. The zero-order chi connectivity index (χ0) is 11.6. The van der Waals surface area contributed by atoms with Crippen molar-refractivity contribution in [1.82, 2.24) is 5.32 Å². The summed E-state index contributed by atoms with van der Waals surface area (Å²) in [7, 11) is 1.71. The lowest BCUT2D eigenvalue weighted by molar-refractivity contribution is 0.240. The molecule has 0 aliphatic carbocycles. The molecule has 0 aromatic heterocycles. The summed E-state index contributed by atoms with van der Waals surface area (Å²) < 4.78 is 5.18. The summed E-state index contributed by atoms with van der Waals surface area (Å²) in [6, 6.07) is 8.48. The van der Waals surface area contributed by atoms with Crippen LogP contribution in [0.15, 0.2) is 24.3 Å². The molecule has 0 spiro atoms. The summed E-state index contributed by atoms with van der Waals surface area (Å²) in [4.78, 5) is 0. The van der Waals surface area contributed by atoms with E-state index in [0.717, 1.165) is 18.8 Å². The van der Waals surface area contributed by atoms with Gasteiger partial charge in [-0.05, 0) is 35.4 Å². The van der Waals surface area contributed by atoms with Crippen molar-refractivity contribution in [2.24, 2.45) is 5.41 Å². The van der Waals surface area contributed by atoms with Crippen molar-refractivity contribution in [2.45, 2.75) is 26.2 Å². The summed E-state index contributed by atoms with van der Waals surface area (Å²) in [6.45, 7) is 6.88. The molecule has 1 fully saturated rings. The topological polar surface area (TPSA) is 21.3 Å². The Hall–Kier alpha value is -1.02. The molecule has 0 saturated carbocycles. The van der Waals surface area contributed by atoms with Crippen LogP contribution in [-0.4, -0.2) is 20.2 Å². The zero-order valence-electron chi connectivity index (χ0n) is 10.4. The fourth-order valence-electron chi connectivity index (χ4n) is 2.51. The van der Waals surface area contributed by atoms with Crippen molar-refractivity contribution in [3.8, 4) is 5.75 Å². The van der Waals surface area contributed by atoms with Crippen LogP contribution in [0.3, 0.4) is 0 Å². The molecular weight excluding hydrogens is 198 g/mol. The lowest BCUT2D eigenvalue weighted by Gasteiger charge is -2.36. The van der Waals surface area contributed by atoms with Gasteiger partial charge in [-0.25, -0.2) is 0 Å². The Morgan fingerprint density at radius 3 is 2.50 bits per heavy atom. The van der Waals surface area contributed by atoms with Crippen LogP contribution in [0.1, 0.15) is 31.7 Å². The number of benzene rings is 1. The maximum absolute atomic E-state index is 5.18. The van der Waals surface area contributed by atoms with Gasteiger partial charge in [-0.3, -0.25) is 0 Å². The standard InChI is InChI=1S/C14H21NO/c1-14(2)8-12(9-15-10-14)11-4-6-13(16-3)7-5-11/h4-7,12,15H,8-10H2,1-3H3. The molecule has 1 aliphatic rings. The van der Waals surface area contributed by atoms with E-state index in [1.807, 2.05) is 0 Å². The first-order valence-electron chi connectivity index (χ1n) is 5.95. The number of ether oxygens (including phenoxy) is 1. The molecule has 1 unspecified atom stereocenters.